The van der Waals surface area contributed by atoms with Crippen LogP contribution in [-0.4, -0.2) is 28.8 Å². The van der Waals surface area contributed by atoms with Crippen molar-refractivity contribution in [2.24, 2.45) is 0 Å². The zero-order valence-electron chi connectivity index (χ0n) is 12.7. The maximum Gasteiger partial charge on any atom is 0.470 e. The van der Waals surface area contributed by atoms with Crippen LogP contribution in [-0.2, 0) is 11.0 Å². The molecule has 6 nitrogen and oxygen atoms in total. The highest BCUT2D eigenvalue weighted by Gasteiger charge is 2.38. The van der Waals surface area contributed by atoms with Gasteiger partial charge >= 0.3 is 18.1 Å². The van der Waals surface area contributed by atoms with Gasteiger partial charge in [0.05, 0.1) is 0 Å². The molecule has 0 aliphatic rings. The Balaban J connectivity index is 2.06. The molecule has 1 heterocycles. The average Bonchev–Trinajstić information content (AvgIpc) is 2.96. The molecule has 0 atom stereocenters. The summed E-state index contributed by atoms with van der Waals surface area (Å²) in [5, 5.41) is 5.84. The van der Waals surface area contributed by atoms with Crippen LogP contribution in [0.25, 0.3) is 0 Å². The lowest BCUT2D eigenvalue weighted by Crippen LogP contribution is -2.40. The van der Waals surface area contributed by atoms with Gasteiger partial charge in [0.1, 0.15) is 5.82 Å². The molecule has 2 rings (SSSR count). The third-order valence-corrected chi connectivity index (χ3v) is 2.86. The van der Waals surface area contributed by atoms with E-state index < -0.39 is 36.5 Å². The van der Waals surface area contributed by atoms with Gasteiger partial charge in [-0.25, -0.2) is 4.39 Å². The van der Waals surface area contributed by atoms with Crippen LogP contribution in [0.1, 0.15) is 19.7 Å². The van der Waals surface area contributed by atoms with Crippen molar-refractivity contribution in [3.63, 3.8) is 0 Å². The molecule has 0 N–H and O–H groups in total. The highest BCUT2D eigenvalue weighted by Crippen LogP contribution is 2.29. The van der Waals surface area contributed by atoms with Crippen LogP contribution in [0.15, 0.2) is 28.7 Å². The fourth-order valence-electron chi connectivity index (χ4n) is 1.91. The summed E-state index contributed by atoms with van der Waals surface area (Å²) in [5.41, 5.74) is 0.418. The molecule has 24 heavy (non-hydrogen) atoms. The number of carbonyl (C=O) groups is 1. The minimum absolute atomic E-state index is 0.292. The molecule has 0 unspecified atom stereocenters. The Morgan fingerprint density at radius 1 is 1.25 bits per heavy atom. The molecule has 1 aromatic carbocycles. The van der Waals surface area contributed by atoms with Crippen LogP contribution in [0.3, 0.4) is 0 Å². The van der Waals surface area contributed by atoms with Crippen molar-refractivity contribution in [2.75, 3.05) is 11.5 Å². The number of hydrogen-bond acceptors (Lipinski definition) is 5. The molecule has 0 saturated carbocycles. The normalized spacial score (nSPS) is 11.6. The Bertz CT molecular complexity index is 698. The van der Waals surface area contributed by atoms with E-state index in [-0.39, 0.29) is 6.04 Å². The van der Waals surface area contributed by atoms with E-state index in [9.17, 15) is 22.4 Å². The highest BCUT2D eigenvalue weighted by atomic mass is 19.4. The molecular weight excluding hydrogens is 334 g/mol. The van der Waals surface area contributed by atoms with Crippen LogP contribution < -0.4 is 9.64 Å². The average molecular weight is 347 g/mol. The maximum atomic E-state index is 13.0. The van der Waals surface area contributed by atoms with Gasteiger partial charge in [-0.2, -0.15) is 13.2 Å². The molecule has 0 aliphatic heterocycles. The Labute approximate surface area is 134 Å². The zero-order valence-corrected chi connectivity index (χ0v) is 12.7. The van der Waals surface area contributed by atoms with Crippen LogP contribution >= 0.6 is 0 Å². The SMILES string of the molecule is CC(C)N(C(=O)COc1nnc(C(F)(F)F)o1)c1ccc(F)cc1. The first-order valence-corrected chi connectivity index (χ1v) is 6.79. The molecule has 1 amide bonds. The topological polar surface area (TPSA) is 68.5 Å². The number of nitrogens with zero attached hydrogens (tertiary/aromatic N) is 3. The summed E-state index contributed by atoms with van der Waals surface area (Å²) in [6.07, 6.45) is -5.56. The first-order valence-electron chi connectivity index (χ1n) is 6.79. The molecule has 0 radical (unpaired) electrons. The van der Waals surface area contributed by atoms with E-state index in [0.717, 1.165) is 0 Å². The fourth-order valence-corrected chi connectivity index (χ4v) is 1.91. The van der Waals surface area contributed by atoms with Crippen LogP contribution in [0.4, 0.5) is 23.2 Å². The number of rotatable bonds is 5. The molecule has 10 heteroatoms. The molecule has 0 spiro atoms. The molecule has 0 saturated heterocycles. The van der Waals surface area contributed by atoms with E-state index in [4.69, 9.17) is 4.74 Å². The Morgan fingerprint density at radius 3 is 2.38 bits per heavy atom. The Hall–Kier alpha value is -2.65. The monoisotopic (exact) mass is 347 g/mol. The summed E-state index contributed by atoms with van der Waals surface area (Å²) < 4.78 is 59.0. The molecule has 0 aliphatic carbocycles. The summed E-state index contributed by atoms with van der Waals surface area (Å²) in [6.45, 7) is 2.82. The minimum atomic E-state index is -4.79. The number of hydrogen-bond donors (Lipinski definition) is 0. The smallest absolute Gasteiger partial charge is 0.439 e. The summed E-state index contributed by atoms with van der Waals surface area (Å²) in [6, 6.07) is 4.89. The summed E-state index contributed by atoms with van der Waals surface area (Å²) in [4.78, 5) is 13.5. The van der Waals surface area contributed by atoms with Crippen molar-refractivity contribution in [1.29, 1.82) is 0 Å². The van der Waals surface area contributed by atoms with Crippen molar-refractivity contribution in [3.05, 3.63) is 36.0 Å². The minimum Gasteiger partial charge on any atom is -0.439 e. The van der Waals surface area contributed by atoms with Gasteiger partial charge in [0.15, 0.2) is 6.61 Å². The molecular formula is C14H13F4N3O3. The van der Waals surface area contributed by atoms with Crippen molar-refractivity contribution in [2.45, 2.75) is 26.1 Å². The maximum absolute atomic E-state index is 13.0. The van der Waals surface area contributed by atoms with E-state index in [2.05, 4.69) is 14.6 Å². The Morgan fingerprint density at radius 2 is 1.88 bits per heavy atom. The number of aromatic nitrogens is 2. The van der Waals surface area contributed by atoms with Crippen molar-refractivity contribution in [1.82, 2.24) is 10.2 Å². The molecule has 0 fully saturated rings. The fraction of sp³-hybridized carbons (Fsp3) is 0.357. The van der Waals surface area contributed by atoms with Gasteiger partial charge in [-0.15, -0.1) is 0 Å². The quantitative estimate of drug-likeness (QED) is 0.778. The number of halogens is 4. The zero-order chi connectivity index (χ0) is 17.9. The van der Waals surface area contributed by atoms with Crippen LogP contribution in [0.2, 0.25) is 0 Å². The molecule has 0 bridgehead atoms. The lowest BCUT2D eigenvalue weighted by molar-refractivity contribution is -0.158. The third kappa shape index (κ3) is 4.21. The predicted molar refractivity (Wildman–Crippen MR) is 73.8 cm³/mol. The van der Waals surface area contributed by atoms with Gasteiger partial charge in [0, 0.05) is 11.7 Å². The predicted octanol–water partition coefficient (Wildman–Crippen LogP) is 3.05. The van der Waals surface area contributed by atoms with Gasteiger partial charge < -0.3 is 14.1 Å². The second-order valence-electron chi connectivity index (χ2n) is 4.99. The molecule has 130 valence electrons. The van der Waals surface area contributed by atoms with Crippen molar-refractivity contribution < 1.29 is 31.5 Å². The number of ether oxygens (including phenoxy) is 1. The Kier molecular flexibility index (Phi) is 5.05. The number of benzene rings is 1. The van der Waals surface area contributed by atoms with E-state index >= 15 is 0 Å². The van der Waals surface area contributed by atoms with Gasteiger partial charge in [0.2, 0.25) is 0 Å². The van der Waals surface area contributed by atoms with E-state index in [1.807, 2.05) is 0 Å². The van der Waals surface area contributed by atoms with Crippen LogP contribution in [0, 0.1) is 5.82 Å². The van der Waals surface area contributed by atoms with Gasteiger partial charge in [0.25, 0.3) is 5.91 Å². The number of amides is 1. The van der Waals surface area contributed by atoms with Crippen molar-refractivity contribution in [3.8, 4) is 6.08 Å². The van der Waals surface area contributed by atoms with Crippen molar-refractivity contribution >= 4 is 11.6 Å². The summed E-state index contributed by atoms with van der Waals surface area (Å²) >= 11 is 0. The van der Waals surface area contributed by atoms with E-state index in [1.54, 1.807) is 13.8 Å². The summed E-state index contributed by atoms with van der Waals surface area (Å²) in [5.74, 6) is -2.59. The lowest BCUT2D eigenvalue weighted by Gasteiger charge is -2.26. The number of carbonyl (C=O) groups excluding carboxylic acids is 1. The first-order chi connectivity index (χ1) is 11.2. The van der Waals surface area contributed by atoms with Gasteiger partial charge in [-0.3, -0.25) is 4.79 Å². The molecule has 2 aromatic rings. The largest absolute Gasteiger partial charge is 0.470 e. The van der Waals surface area contributed by atoms with E-state index in [1.165, 1.54) is 29.2 Å². The third-order valence-electron chi connectivity index (χ3n) is 2.86. The molecule has 1 aromatic heterocycles. The van der Waals surface area contributed by atoms with E-state index in [0.29, 0.717) is 5.69 Å². The van der Waals surface area contributed by atoms with Gasteiger partial charge in [-0.1, -0.05) is 10.2 Å². The number of alkyl halides is 3. The summed E-state index contributed by atoms with van der Waals surface area (Å²) in [7, 11) is 0. The highest BCUT2D eigenvalue weighted by molar-refractivity contribution is 5.94. The lowest BCUT2D eigenvalue weighted by atomic mass is 10.2. The van der Waals surface area contributed by atoms with Gasteiger partial charge in [-0.05, 0) is 38.1 Å². The van der Waals surface area contributed by atoms with Crippen LogP contribution in [0.5, 0.6) is 6.08 Å². The second kappa shape index (κ2) is 6.85. The number of anilines is 1. The standard InChI is InChI=1S/C14H13F4N3O3/c1-8(2)21(10-5-3-9(15)4-6-10)11(22)7-23-13-20-19-12(24-13)14(16,17)18/h3-6,8H,7H2,1-2H3. The first kappa shape index (κ1) is 17.7. The second-order valence-corrected chi connectivity index (χ2v) is 4.99.